The number of carboxylic acid groups (broad SMARTS) is 1. The molecular formula is C61H97ClF3N10O14PS2. The largest absolute Gasteiger partial charge is 0.476 e. The molecule has 3 aromatic rings. The number of amides is 3. The first kappa shape index (κ1) is 87.7. The molecule has 2 aliphatic rings. The van der Waals surface area contributed by atoms with Crippen LogP contribution in [0.1, 0.15) is 100 Å². The molecule has 3 heterocycles. The van der Waals surface area contributed by atoms with Crippen molar-refractivity contribution in [1.82, 2.24) is 34.5 Å². The molecule has 0 bridgehead atoms. The van der Waals surface area contributed by atoms with Crippen LogP contribution in [0.25, 0.3) is 15.6 Å². The normalized spacial score (nSPS) is 14.5. The zero-order chi connectivity index (χ0) is 68.7. The van der Waals surface area contributed by atoms with Crippen LogP contribution in [0.5, 0.6) is 6.01 Å². The summed E-state index contributed by atoms with van der Waals surface area (Å²) in [7, 11) is 4.60. The Bertz CT molecular complexity index is 2960. The van der Waals surface area contributed by atoms with Gasteiger partial charge in [-0.1, -0.05) is 35.9 Å². The van der Waals surface area contributed by atoms with Gasteiger partial charge in [-0.15, -0.1) is 0 Å². The van der Waals surface area contributed by atoms with Crippen molar-refractivity contribution in [3.05, 3.63) is 87.9 Å². The number of rotatable bonds is 22. The number of likely N-dealkylation sites (N-methyl/N-ethyl adjacent to an activating group) is 5. The first-order chi connectivity index (χ1) is 42.0. The van der Waals surface area contributed by atoms with E-state index in [1.807, 2.05) is 12.1 Å². The van der Waals surface area contributed by atoms with Gasteiger partial charge in [0.25, 0.3) is 11.8 Å². The maximum atomic E-state index is 13.6. The number of benzene rings is 2. The molecule has 0 saturated carbocycles. The van der Waals surface area contributed by atoms with E-state index in [1.165, 1.54) is 57.2 Å². The van der Waals surface area contributed by atoms with Crippen LogP contribution in [-0.2, 0) is 60.0 Å². The molecule has 1 aromatic heterocycles. The molecule has 520 valence electrons. The molecule has 92 heavy (non-hydrogen) atoms. The number of aldehydes is 1. The van der Waals surface area contributed by atoms with Crippen molar-refractivity contribution < 1.29 is 79.6 Å². The number of hydrogen-bond donors (Lipinski definition) is 2. The van der Waals surface area contributed by atoms with E-state index in [0.29, 0.717) is 50.4 Å². The average molecular weight is 1380 g/mol. The van der Waals surface area contributed by atoms with E-state index in [0.717, 1.165) is 69.6 Å². The number of fused-ring (bicyclic) bond motifs is 2. The maximum absolute atomic E-state index is 13.6. The van der Waals surface area contributed by atoms with Gasteiger partial charge in [0, 0.05) is 63.0 Å². The highest BCUT2D eigenvalue weighted by molar-refractivity contribution is 7.59. The lowest BCUT2D eigenvalue weighted by atomic mass is 10.0. The first-order valence-electron chi connectivity index (χ1n) is 29.2. The van der Waals surface area contributed by atoms with Crippen molar-refractivity contribution in [2.75, 3.05) is 118 Å². The SMILES string of the molecule is CCOC(=O)C(F)P(=O)(OCC)OCC.CN(C/C=C(/F)C(=O)O)C(=O)OC(C)(C)C.CN(CC=O)C(=O)OC(C)(C)C.CN1CCC[C@H]1COc1nc(N)c2c(n1)CN(c1cccc3cccc(Cl)c13)CC2.S.S.[C-]#[N+]C[C@@H](C)N(CC)C(=O)/C(F)=C\CN(C)C. The number of likely N-dealkylation sites (tertiary alicyclic amines) is 1. The van der Waals surface area contributed by atoms with E-state index in [4.69, 9.17) is 48.2 Å². The van der Waals surface area contributed by atoms with Gasteiger partial charge in [0.1, 0.15) is 36.0 Å². The third-order valence-electron chi connectivity index (χ3n) is 12.5. The second-order valence-corrected chi connectivity index (χ2v) is 25.0. The topological polar surface area (TPSA) is 271 Å². The molecule has 1 unspecified atom stereocenters. The Morgan fingerprint density at radius 2 is 1.42 bits per heavy atom. The first-order valence-corrected chi connectivity index (χ1v) is 31.2. The summed E-state index contributed by atoms with van der Waals surface area (Å²) >= 11 is 6.55. The van der Waals surface area contributed by atoms with Gasteiger partial charge in [0.05, 0.1) is 43.6 Å². The van der Waals surface area contributed by atoms with E-state index in [2.05, 4.69) is 64.7 Å². The van der Waals surface area contributed by atoms with E-state index < -0.39 is 66.4 Å². The van der Waals surface area contributed by atoms with Crippen LogP contribution in [-0.4, -0.2) is 213 Å². The van der Waals surface area contributed by atoms with Gasteiger partial charge in [0.2, 0.25) is 12.4 Å². The van der Waals surface area contributed by atoms with E-state index in [-0.39, 0.29) is 72.5 Å². The molecule has 1 fully saturated rings. The summed E-state index contributed by atoms with van der Waals surface area (Å²) in [5.41, 5.74) is 8.22. The highest BCUT2D eigenvalue weighted by Crippen LogP contribution is 2.54. The highest BCUT2D eigenvalue weighted by atomic mass is 35.5. The highest BCUT2D eigenvalue weighted by Gasteiger charge is 2.43. The molecule has 1 saturated heterocycles. The van der Waals surface area contributed by atoms with E-state index >= 15 is 0 Å². The summed E-state index contributed by atoms with van der Waals surface area (Å²) in [4.78, 5) is 87.8. The number of hydrogen-bond acceptors (Lipinski definition) is 19. The van der Waals surface area contributed by atoms with Crippen LogP contribution in [0, 0.1) is 6.57 Å². The molecule has 0 radical (unpaired) electrons. The molecule has 0 spiro atoms. The standard InChI is InChI=1S/C23H26ClN5O.C12H20FN3O.C10H16FNO4.C8H16FO5P.C8H15NO3.2H2S/c1-28-11-4-7-16(28)14-30-23-26-19-13-29(12-10-17(19)22(25)27-23)20-9-3-6-15-5-2-8-18(24)21(15)20;1-6-16(10(2)9-14-3)12(17)11(13)7-8-15(4)5;1-10(2,3)16-9(15)12(4)6-5-7(11)8(13)14;1-4-12-8(10)7(9)15(11,13-5-2)14-6-3;1-8(2,3)12-7(11)9(4)5-6-10;;/h2-3,5-6,8-9,16H,4,7,10-14H2,1H3,(H2,25,26,27);7,10H,6,8-9H2,1-2,4-5H3;5H,6H2,1-4H3,(H,13,14);7H,4-6H2,1-3H3;6H,5H2,1-4H3;2*1H2/b;11-7+;7-5+;;;;/t16-;10-;;;;;/m01...../s1. The quantitative estimate of drug-likeness (QED) is 0.0236. The minimum absolute atomic E-state index is 0. The molecule has 0 aliphatic carbocycles. The Kier molecular flexibility index (Phi) is 41.5. The molecular weight excluding hydrogens is 1280 g/mol. The Hall–Kier alpha value is -6.38. The number of nitrogen functional groups attached to an aromatic ring is 1. The monoisotopic (exact) mass is 1380 g/mol. The van der Waals surface area contributed by atoms with Gasteiger partial charge >= 0.3 is 37.7 Å². The minimum atomic E-state index is -4.04. The van der Waals surface area contributed by atoms with Crippen molar-refractivity contribution in [2.24, 2.45) is 0 Å². The van der Waals surface area contributed by atoms with Crippen LogP contribution < -0.4 is 15.4 Å². The molecule has 3 atom stereocenters. The number of aliphatic carboxylic acids is 1. The number of ether oxygens (including phenoxy) is 4. The van der Waals surface area contributed by atoms with Gasteiger partial charge in [0.15, 0.2) is 5.83 Å². The maximum Gasteiger partial charge on any atom is 0.410 e. The number of halogens is 4. The van der Waals surface area contributed by atoms with Gasteiger partial charge < -0.3 is 77.9 Å². The fourth-order valence-corrected chi connectivity index (χ4v) is 9.76. The van der Waals surface area contributed by atoms with Crippen molar-refractivity contribution in [3.8, 4) is 6.01 Å². The fraction of sp³-hybridized carbons (Fsp3) is 0.590. The Morgan fingerprint density at radius 1 is 0.870 bits per heavy atom. The van der Waals surface area contributed by atoms with Crippen LogP contribution in [0.2, 0.25) is 5.02 Å². The molecule has 3 N–H and O–H groups in total. The van der Waals surface area contributed by atoms with Crippen molar-refractivity contribution in [2.45, 2.75) is 131 Å². The number of carbonyl (C=O) groups is 6. The zero-order valence-electron chi connectivity index (χ0n) is 55.9. The second-order valence-electron chi connectivity index (χ2n) is 22.5. The number of anilines is 2. The van der Waals surface area contributed by atoms with Crippen molar-refractivity contribution >= 4 is 105 Å². The fourth-order valence-electron chi connectivity index (χ4n) is 8.09. The number of alkyl halides is 1. The van der Waals surface area contributed by atoms with Gasteiger partial charge in [-0.2, -0.15) is 41.3 Å². The number of esters is 1. The molecule has 2 aliphatic heterocycles. The Balaban J connectivity index is 0. The third-order valence-corrected chi connectivity index (χ3v) is 14.9. The lowest BCUT2D eigenvalue weighted by Crippen LogP contribution is -2.40. The zero-order valence-corrected chi connectivity index (χ0v) is 59.5. The summed E-state index contributed by atoms with van der Waals surface area (Å²) < 4.78 is 80.9. The predicted molar refractivity (Wildman–Crippen MR) is 361 cm³/mol. The molecule has 5 rings (SSSR count). The second kappa shape index (κ2) is 43.5. The number of carbonyl (C=O) groups excluding carboxylic acids is 5. The Labute approximate surface area is 559 Å². The number of nitrogens with zero attached hydrogens (tertiary/aromatic N) is 9. The van der Waals surface area contributed by atoms with Crippen molar-refractivity contribution in [1.29, 1.82) is 0 Å². The lowest BCUT2D eigenvalue weighted by molar-refractivity contribution is -0.146. The summed E-state index contributed by atoms with van der Waals surface area (Å²) in [6, 6.07) is 12.8. The van der Waals surface area contributed by atoms with Crippen LogP contribution in [0.15, 0.2) is 60.2 Å². The lowest BCUT2D eigenvalue weighted by Gasteiger charge is -2.31. The van der Waals surface area contributed by atoms with Gasteiger partial charge in [-0.25, -0.2) is 34.5 Å². The average Bonchev–Trinajstić information content (AvgIpc) is 0.869. The smallest absolute Gasteiger partial charge is 0.410 e. The summed E-state index contributed by atoms with van der Waals surface area (Å²) in [5.74, 6) is -7.40. The molecule has 2 aromatic carbocycles. The Morgan fingerprint density at radius 3 is 1.90 bits per heavy atom. The molecule has 3 amide bonds. The number of carboxylic acids is 1. The summed E-state index contributed by atoms with van der Waals surface area (Å²) in [6.07, 6.45) is 4.75. The van der Waals surface area contributed by atoms with E-state index in [9.17, 15) is 46.5 Å². The summed E-state index contributed by atoms with van der Waals surface area (Å²) in [5, 5.41) is 11.2. The number of aromatic nitrogens is 2. The molecule has 31 heteroatoms. The van der Waals surface area contributed by atoms with Crippen molar-refractivity contribution in [3.63, 3.8) is 0 Å². The number of nitrogens with two attached hydrogens (primary N) is 1. The van der Waals surface area contributed by atoms with Crippen LogP contribution in [0.4, 0.5) is 34.3 Å². The predicted octanol–water partition coefficient (Wildman–Crippen LogP) is 10.6. The molecule has 24 nitrogen and oxygen atoms in total. The van der Waals surface area contributed by atoms with E-state index in [1.54, 1.807) is 74.4 Å². The third kappa shape index (κ3) is 31.5. The van der Waals surface area contributed by atoms with Gasteiger partial charge in [-0.3, -0.25) is 9.36 Å². The van der Waals surface area contributed by atoms with Gasteiger partial charge in [-0.05, 0) is 153 Å². The van der Waals surface area contributed by atoms with Crippen LogP contribution in [0.3, 0.4) is 0 Å². The summed E-state index contributed by atoms with van der Waals surface area (Å²) in [6.45, 7) is 29.4. The van der Waals surface area contributed by atoms with Crippen LogP contribution >= 0.6 is 46.2 Å². The minimum Gasteiger partial charge on any atom is -0.476 e.